The van der Waals surface area contributed by atoms with E-state index in [4.69, 9.17) is 5.11 Å². The molecule has 0 radical (unpaired) electrons. The number of carbonyl (C=O) groups is 1. The third-order valence-electron chi connectivity index (χ3n) is 1.78. The minimum atomic E-state index is -0.781. The highest BCUT2D eigenvalue weighted by molar-refractivity contribution is 7.20. The van der Waals surface area contributed by atoms with Crippen molar-refractivity contribution in [3.8, 4) is 0 Å². The van der Waals surface area contributed by atoms with Crippen LogP contribution in [0.1, 0.15) is 20.8 Å². The molecular formula is C7H10O2SSi. The highest BCUT2D eigenvalue weighted by atomic mass is 32.1. The van der Waals surface area contributed by atoms with Gasteiger partial charge in [0.2, 0.25) is 0 Å². The molecular weight excluding hydrogens is 176 g/mol. The summed E-state index contributed by atoms with van der Waals surface area (Å²) in [6.45, 7) is 3.84. The zero-order valence-corrected chi connectivity index (χ0v) is 9.58. The summed E-state index contributed by atoms with van der Waals surface area (Å²) in [5.41, 5.74) is 1.48. The molecule has 0 atom stereocenters. The van der Waals surface area contributed by atoms with E-state index < -0.39 is 5.97 Å². The van der Waals surface area contributed by atoms with Crippen molar-refractivity contribution in [1.82, 2.24) is 0 Å². The van der Waals surface area contributed by atoms with Gasteiger partial charge in [0.25, 0.3) is 0 Å². The molecule has 0 aromatic carbocycles. The van der Waals surface area contributed by atoms with Crippen LogP contribution < -0.4 is 4.50 Å². The van der Waals surface area contributed by atoms with Gasteiger partial charge in [-0.05, 0) is 23.9 Å². The van der Waals surface area contributed by atoms with E-state index in [1.165, 1.54) is 0 Å². The van der Waals surface area contributed by atoms with Crippen molar-refractivity contribution in [2.45, 2.75) is 13.8 Å². The Bertz CT molecular complexity index is 304. The fourth-order valence-electron chi connectivity index (χ4n) is 1.11. The second-order valence-electron chi connectivity index (χ2n) is 2.52. The van der Waals surface area contributed by atoms with E-state index in [-0.39, 0.29) is 0 Å². The van der Waals surface area contributed by atoms with E-state index in [0.29, 0.717) is 5.56 Å². The van der Waals surface area contributed by atoms with Crippen LogP contribution >= 0.6 is 11.3 Å². The highest BCUT2D eigenvalue weighted by Gasteiger charge is 2.14. The summed E-state index contributed by atoms with van der Waals surface area (Å²) in [5, 5.41) is 8.79. The second kappa shape index (κ2) is 2.79. The predicted octanol–water partition coefficient (Wildman–Crippen LogP) is 0.0538. The Hall–Kier alpha value is -0.613. The monoisotopic (exact) mass is 186 g/mol. The Morgan fingerprint density at radius 1 is 1.55 bits per heavy atom. The minimum Gasteiger partial charge on any atom is -0.478 e. The summed E-state index contributed by atoms with van der Waals surface area (Å²) >= 11 is 1.61. The number of hydrogen-bond donors (Lipinski definition) is 1. The first kappa shape index (κ1) is 8.48. The second-order valence-corrected chi connectivity index (χ2v) is 5.67. The van der Waals surface area contributed by atoms with Crippen LogP contribution in [0.5, 0.6) is 0 Å². The Kier molecular flexibility index (Phi) is 2.15. The van der Waals surface area contributed by atoms with Crippen LogP contribution in [0.15, 0.2) is 0 Å². The minimum absolute atomic E-state index is 0.541. The molecule has 0 fully saturated rings. The first-order valence-corrected chi connectivity index (χ1v) is 5.15. The van der Waals surface area contributed by atoms with Gasteiger partial charge in [0.05, 0.1) is 15.8 Å². The number of carboxylic acids is 1. The highest BCUT2D eigenvalue weighted by Crippen LogP contribution is 2.16. The van der Waals surface area contributed by atoms with Crippen LogP contribution in [-0.4, -0.2) is 21.3 Å². The molecule has 0 aliphatic carbocycles. The largest absolute Gasteiger partial charge is 0.478 e. The Morgan fingerprint density at radius 3 is 2.27 bits per heavy atom. The zero-order valence-electron chi connectivity index (χ0n) is 6.76. The van der Waals surface area contributed by atoms with E-state index in [0.717, 1.165) is 25.2 Å². The van der Waals surface area contributed by atoms with Crippen LogP contribution in [0.4, 0.5) is 0 Å². The Morgan fingerprint density at radius 2 is 2.09 bits per heavy atom. The molecule has 1 heterocycles. The van der Waals surface area contributed by atoms with Crippen molar-refractivity contribution in [1.29, 1.82) is 0 Å². The third-order valence-corrected chi connectivity index (χ3v) is 4.01. The fraction of sp³-hybridized carbons (Fsp3) is 0.286. The van der Waals surface area contributed by atoms with Gasteiger partial charge in [-0.15, -0.1) is 0 Å². The lowest BCUT2D eigenvalue weighted by atomic mass is 10.2. The molecule has 11 heavy (non-hydrogen) atoms. The van der Waals surface area contributed by atoms with Gasteiger partial charge >= 0.3 is 5.97 Å². The van der Waals surface area contributed by atoms with E-state index in [9.17, 15) is 4.79 Å². The van der Waals surface area contributed by atoms with Gasteiger partial charge in [-0.1, -0.05) is 0 Å². The first-order chi connectivity index (χ1) is 5.04. The van der Waals surface area contributed by atoms with Gasteiger partial charge in [0, 0.05) is 4.88 Å². The van der Waals surface area contributed by atoms with Gasteiger partial charge in [-0.25, -0.2) is 4.79 Å². The molecule has 1 aromatic rings. The molecule has 1 rings (SSSR count). The summed E-state index contributed by atoms with van der Waals surface area (Å²) in [6.07, 6.45) is 0. The lowest BCUT2D eigenvalue weighted by molar-refractivity contribution is 0.0698. The lowest BCUT2D eigenvalue weighted by Crippen LogP contribution is -2.10. The van der Waals surface area contributed by atoms with Crippen molar-refractivity contribution in [2.75, 3.05) is 0 Å². The van der Waals surface area contributed by atoms with Crippen LogP contribution in [-0.2, 0) is 0 Å². The smallest absolute Gasteiger partial charge is 0.336 e. The van der Waals surface area contributed by atoms with Gasteiger partial charge in [-0.3, -0.25) is 0 Å². The molecule has 0 saturated carbocycles. The van der Waals surface area contributed by atoms with Crippen molar-refractivity contribution in [2.24, 2.45) is 0 Å². The number of hydrogen-bond acceptors (Lipinski definition) is 2. The number of thiophene rings is 1. The van der Waals surface area contributed by atoms with Crippen molar-refractivity contribution in [3.05, 3.63) is 16.0 Å². The number of rotatable bonds is 1. The predicted molar refractivity (Wildman–Crippen MR) is 50.3 cm³/mol. The Balaban J connectivity index is 3.34. The van der Waals surface area contributed by atoms with Crippen LogP contribution in [0.25, 0.3) is 0 Å². The lowest BCUT2D eigenvalue weighted by Gasteiger charge is -1.93. The SMILES string of the molecule is Cc1sc([SiH3])c(C(=O)O)c1C. The molecule has 0 bridgehead atoms. The topological polar surface area (TPSA) is 37.3 Å². The fourth-order valence-corrected chi connectivity index (χ4v) is 3.67. The number of aryl methyl sites for hydroxylation is 1. The van der Waals surface area contributed by atoms with Crippen molar-refractivity contribution < 1.29 is 9.90 Å². The molecule has 0 amide bonds. The normalized spacial score (nSPS) is 10.4. The van der Waals surface area contributed by atoms with E-state index >= 15 is 0 Å². The molecule has 0 unspecified atom stereocenters. The van der Waals surface area contributed by atoms with E-state index in [1.807, 2.05) is 13.8 Å². The van der Waals surface area contributed by atoms with Crippen LogP contribution in [0.2, 0.25) is 0 Å². The quantitative estimate of drug-likeness (QED) is 0.629. The first-order valence-electron chi connectivity index (χ1n) is 3.34. The average Bonchev–Trinajstić information content (AvgIpc) is 2.07. The van der Waals surface area contributed by atoms with Crippen LogP contribution in [0, 0.1) is 13.8 Å². The Labute approximate surface area is 72.3 Å². The van der Waals surface area contributed by atoms with Crippen LogP contribution in [0.3, 0.4) is 0 Å². The standard InChI is InChI=1S/C7H10O2SSi/c1-3-4(2)10-7(11)5(3)6(8)9/h1-2,11H3,(H,8,9). The van der Waals surface area contributed by atoms with Gasteiger partial charge in [0.1, 0.15) is 0 Å². The van der Waals surface area contributed by atoms with Crippen molar-refractivity contribution in [3.63, 3.8) is 0 Å². The van der Waals surface area contributed by atoms with Crippen molar-refractivity contribution >= 4 is 32.0 Å². The molecule has 60 valence electrons. The van der Waals surface area contributed by atoms with Gasteiger partial charge < -0.3 is 5.11 Å². The van der Waals surface area contributed by atoms with E-state index in [2.05, 4.69) is 0 Å². The van der Waals surface area contributed by atoms with Gasteiger partial charge in [0.15, 0.2) is 0 Å². The maximum absolute atomic E-state index is 10.7. The molecule has 2 nitrogen and oxygen atoms in total. The molecule has 4 heteroatoms. The third kappa shape index (κ3) is 1.36. The molecule has 0 saturated heterocycles. The molecule has 1 aromatic heterocycles. The summed E-state index contributed by atoms with van der Waals surface area (Å²) in [7, 11) is 0.830. The van der Waals surface area contributed by atoms with E-state index in [1.54, 1.807) is 11.3 Å². The summed E-state index contributed by atoms with van der Waals surface area (Å²) in [4.78, 5) is 11.8. The maximum atomic E-state index is 10.7. The average molecular weight is 186 g/mol. The summed E-state index contributed by atoms with van der Waals surface area (Å²) in [5.74, 6) is -0.781. The molecule has 0 aliphatic rings. The summed E-state index contributed by atoms with van der Waals surface area (Å²) < 4.78 is 1.03. The molecule has 1 N–H and O–H groups in total. The number of aromatic carboxylic acids is 1. The zero-order chi connectivity index (χ0) is 8.59. The number of carboxylic acid groups (broad SMARTS) is 1. The maximum Gasteiger partial charge on any atom is 0.336 e. The van der Waals surface area contributed by atoms with Gasteiger partial charge in [-0.2, -0.15) is 11.3 Å². The molecule has 0 aliphatic heterocycles. The summed E-state index contributed by atoms with van der Waals surface area (Å²) in [6, 6.07) is 0. The molecule has 0 spiro atoms.